The summed E-state index contributed by atoms with van der Waals surface area (Å²) in [7, 11) is 3.87. The predicted octanol–water partition coefficient (Wildman–Crippen LogP) is 2.51. The minimum Gasteiger partial charge on any atom is -0.349 e. The number of carbonyl (C=O) groups is 1. The highest BCUT2D eigenvalue weighted by molar-refractivity contribution is 5.93. The largest absolute Gasteiger partial charge is 0.349 e. The monoisotopic (exact) mass is 287 g/mol. The summed E-state index contributed by atoms with van der Waals surface area (Å²) >= 11 is 0. The zero-order valence-electron chi connectivity index (χ0n) is 12.7. The van der Waals surface area contributed by atoms with Gasteiger partial charge in [-0.15, -0.1) is 0 Å². The van der Waals surface area contributed by atoms with E-state index in [1.165, 1.54) is 12.1 Å². The lowest BCUT2D eigenvalue weighted by Gasteiger charge is -2.28. The van der Waals surface area contributed by atoms with Gasteiger partial charge in [0.25, 0.3) is 5.91 Å². The SMILES string of the molecule is Cc1ccc(C(=O)NC[C@@H](C(C)C)N(C)C)n1C(F)F. The molecule has 1 atom stereocenters. The van der Waals surface area contributed by atoms with Crippen LogP contribution in [0.25, 0.3) is 0 Å². The van der Waals surface area contributed by atoms with Crippen LogP contribution in [0.15, 0.2) is 12.1 Å². The molecule has 0 fully saturated rings. The third-order valence-corrected chi connectivity index (χ3v) is 3.45. The molecule has 6 heteroatoms. The topological polar surface area (TPSA) is 37.3 Å². The Bertz CT molecular complexity index is 447. The van der Waals surface area contributed by atoms with E-state index in [1.54, 1.807) is 6.92 Å². The summed E-state index contributed by atoms with van der Waals surface area (Å²) in [5.74, 6) is -0.111. The molecule has 0 saturated carbocycles. The van der Waals surface area contributed by atoms with Gasteiger partial charge in [0.2, 0.25) is 0 Å². The average molecular weight is 287 g/mol. The van der Waals surface area contributed by atoms with Gasteiger partial charge >= 0.3 is 6.55 Å². The maximum Gasteiger partial charge on any atom is 0.319 e. The standard InChI is InChI=1S/C14H23F2N3O/c1-9(2)12(18(4)5)8-17-13(20)11-7-6-10(3)19(11)14(15)16/h6-7,9,12,14H,8H2,1-5H3,(H,17,20)/t12-/m0/s1. The van der Waals surface area contributed by atoms with Crippen molar-refractivity contribution in [2.75, 3.05) is 20.6 Å². The van der Waals surface area contributed by atoms with Crippen molar-refractivity contribution in [2.45, 2.75) is 33.4 Å². The Balaban J connectivity index is 2.77. The molecule has 114 valence electrons. The van der Waals surface area contributed by atoms with Gasteiger partial charge in [0.05, 0.1) is 0 Å². The second-order valence-corrected chi connectivity index (χ2v) is 5.49. The van der Waals surface area contributed by atoms with E-state index in [1.807, 2.05) is 19.0 Å². The molecule has 1 aromatic rings. The summed E-state index contributed by atoms with van der Waals surface area (Å²) in [5.41, 5.74) is 0.372. The first-order valence-corrected chi connectivity index (χ1v) is 6.66. The quantitative estimate of drug-likeness (QED) is 0.873. The molecular formula is C14H23F2N3O. The van der Waals surface area contributed by atoms with E-state index < -0.39 is 12.5 Å². The Morgan fingerprint density at radius 2 is 1.95 bits per heavy atom. The van der Waals surface area contributed by atoms with Crippen molar-refractivity contribution in [1.29, 1.82) is 0 Å². The Labute approximate surface area is 118 Å². The molecule has 0 unspecified atom stereocenters. The third kappa shape index (κ3) is 3.79. The third-order valence-electron chi connectivity index (χ3n) is 3.45. The van der Waals surface area contributed by atoms with Crippen LogP contribution in [0.3, 0.4) is 0 Å². The van der Waals surface area contributed by atoms with Crippen molar-refractivity contribution in [3.8, 4) is 0 Å². The number of likely N-dealkylation sites (N-methyl/N-ethyl adjacent to an activating group) is 1. The first kappa shape index (κ1) is 16.6. The molecule has 1 rings (SSSR count). The summed E-state index contributed by atoms with van der Waals surface area (Å²) in [6.07, 6.45) is 0. The lowest BCUT2D eigenvalue weighted by Crippen LogP contribution is -2.43. The number of rotatable bonds is 6. The fourth-order valence-corrected chi connectivity index (χ4v) is 2.30. The van der Waals surface area contributed by atoms with Crippen LogP contribution in [-0.2, 0) is 0 Å². The van der Waals surface area contributed by atoms with Gasteiger partial charge in [-0.05, 0) is 39.1 Å². The first-order valence-electron chi connectivity index (χ1n) is 6.66. The van der Waals surface area contributed by atoms with Crippen LogP contribution in [0.5, 0.6) is 0 Å². The van der Waals surface area contributed by atoms with Crippen LogP contribution in [0.2, 0.25) is 0 Å². The van der Waals surface area contributed by atoms with Gasteiger partial charge in [-0.25, -0.2) is 0 Å². The molecule has 4 nitrogen and oxygen atoms in total. The molecule has 1 amide bonds. The molecule has 0 aliphatic rings. The normalized spacial score (nSPS) is 13.3. The van der Waals surface area contributed by atoms with E-state index in [0.29, 0.717) is 18.2 Å². The van der Waals surface area contributed by atoms with Gasteiger partial charge in [0.15, 0.2) is 0 Å². The molecule has 0 radical (unpaired) electrons. The van der Waals surface area contributed by atoms with Gasteiger partial charge in [0.1, 0.15) is 5.69 Å². The van der Waals surface area contributed by atoms with Crippen molar-refractivity contribution in [3.05, 3.63) is 23.5 Å². The van der Waals surface area contributed by atoms with E-state index in [4.69, 9.17) is 0 Å². The number of amides is 1. The highest BCUT2D eigenvalue weighted by Gasteiger charge is 2.21. The van der Waals surface area contributed by atoms with Crippen LogP contribution >= 0.6 is 0 Å². The van der Waals surface area contributed by atoms with E-state index >= 15 is 0 Å². The van der Waals surface area contributed by atoms with E-state index in [-0.39, 0.29) is 11.7 Å². The summed E-state index contributed by atoms with van der Waals surface area (Å²) in [6.45, 7) is 3.39. The number of nitrogens with one attached hydrogen (secondary N) is 1. The lowest BCUT2D eigenvalue weighted by molar-refractivity contribution is 0.0614. The zero-order chi connectivity index (χ0) is 15.4. The maximum atomic E-state index is 12.9. The predicted molar refractivity (Wildman–Crippen MR) is 75.1 cm³/mol. The van der Waals surface area contributed by atoms with E-state index in [0.717, 1.165) is 4.57 Å². The summed E-state index contributed by atoms with van der Waals surface area (Å²) < 4.78 is 26.6. The minimum atomic E-state index is -2.71. The van der Waals surface area contributed by atoms with Crippen molar-refractivity contribution >= 4 is 5.91 Å². The number of hydrogen-bond acceptors (Lipinski definition) is 2. The number of hydrogen-bond donors (Lipinski definition) is 1. The number of aromatic nitrogens is 1. The Kier molecular flexibility index (Phi) is 5.68. The lowest BCUT2D eigenvalue weighted by atomic mass is 10.0. The van der Waals surface area contributed by atoms with Crippen molar-refractivity contribution in [1.82, 2.24) is 14.8 Å². The smallest absolute Gasteiger partial charge is 0.319 e. The molecule has 0 aliphatic carbocycles. The van der Waals surface area contributed by atoms with Gasteiger partial charge in [-0.2, -0.15) is 8.78 Å². The Hall–Kier alpha value is -1.43. The molecule has 20 heavy (non-hydrogen) atoms. The summed E-state index contributed by atoms with van der Waals surface area (Å²) in [4.78, 5) is 14.1. The summed E-state index contributed by atoms with van der Waals surface area (Å²) in [6, 6.07) is 3.11. The van der Waals surface area contributed by atoms with Crippen LogP contribution in [0.4, 0.5) is 8.78 Å². The highest BCUT2D eigenvalue weighted by Crippen LogP contribution is 2.18. The molecule has 0 bridgehead atoms. The average Bonchev–Trinajstić information content (AvgIpc) is 2.70. The highest BCUT2D eigenvalue weighted by atomic mass is 19.3. The van der Waals surface area contributed by atoms with Crippen molar-refractivity contribution in [3.63, 3.8) is 0 Å². The second kappa shape index (κ2) is 6.83. The Morgan fingerprint density at radius 1 is 1.35 bits per heavy atom. The summed E-state index contributed by atoms with van der Waals surface area (Å²) in [5, 5.41) is 2.74. The molecule has 0 aromatic carbocycles. The van der Waals surface area contributed by atoms with Crippen LogP contribution < -0.4 is 5.32 Å². The molecule has 0 aliphatic heterocycles. The number of aryl methyl sites for hydroxylation is 1. The number of halogens is 2. The van der Waals surface area contributed by atoms with Crippen molar-refractivity contribution < 1.29 is 13.6 Å². The fraction of sp³-hybridized carbons (Fsp3) is 0.643. The van der Waals surface area contributed by atoms with Crippen LogP contribution in [0, 0.1) is 12.8 Å². The minimum absolute atomic E-state index is 0.00115. The molecule has 0 saturated heterocycles. The Morgan fingerprint density at radius 3 is 2.40 bits per heavy atom. The zero-order valence-corrected chi connectivity index (χ0v) is 12.7. The van der Waals surface area contributed by atoms with E-state index in [2.05, 4.69) is 19.2 Å². The van der Waals surface area contributed by atoms with Crippen LogP contribution in [0.1, 0.15) is 36.6 Å². The molecule has 1 heterocycles. The molecule has 1 N–H and O–H groups in total. The fourth-order valence-electron chi connectivity index (χ4n) is 2.30. The van der Waals surface area contributed by atoms with Crippen LogP contribution in [-0.4, -0.2) is 42.1 Å². The van der Waals surface area contributed by atoms with Crippen molar-refractivity contribution in [2.24, 2.45) is 5.92 Å². The maximum absolute atomic E-state index is 12.9. The number of carbonyl (C=O) groups excluding carboxylic acids is 1. The number of nitrogens with zero attached hydrogens (tertiary/aromatic N) is 2. The molecule has 1 aromatic heterocycles. The first-order chi connectivity index (χ1) is 9.25. The number of alkyl halides is 2. The van der Waals surface area contributed by atoms with Gasteiger partial charge in [-0.3, -0.25) is 9.36 Å². The molecular weight excluding hydrogens is 264 g/mol. The van der Waals surface area contributed by atoms with Gasteiger partial charge < -0.3 is 10.2 Å². The second-order valence-electron chi connectivity index (χ2n) is 5.49. The van der Waals surface area contributed by atoms with Gasteiger partial charge in [0, 0.05) is 18.3 Å². The van der Waals surface area contributed by atoms with E-state index in [9.17, 15) is 13.6 Å². The van der Waals surface area contributed by atoms with Gasteiger partial charge in [-0.1, -0.05) is 13.8 Å². The molecule has 0 spiro atoms.